The van der Waals surface area contributed by atoms with E-state index in [0.717, 1.165) is 4.88 Å². The van der Waals surface area contributed by atoms with E-state index in [0.29, 0.717) is 10.0 Å². The summed E-state index contributed by atoms with van der Waals surface area (Å²) in [5.41, 5.74) is 2.04. The zero-order valence-electron chi connectivity index (χ0n) is 8.11. The summed E-state index contributed by atoms with van der Waals surface area (Å²) in [6.45, 7) is 0. The van der Waals surface area contributed by atoms with Crippen molar-refractivity contribution in [2.75, 3.05) is 0 Å². The normalized spacial score (nSPS) is 10.4. The maximum absolute atomic E-state index is 13.0. The number of benzene rings is 1. The summed E-state index contributed by atoms with van der Waals surface area (Å²) in [6, 6.07) is 4.09. The first kappa shape index (κ1) is 11.4. The van der Waals surface area contributed by atoms with Crippen molar-refractivity contribution in [3.8, 4) is 0 Å². The summed E-state index contributed by atoms with van der Waals surface area (Å²) in [5, 5.41) is 0. The molecular formula is C11H7BrFNOS. The zero-order valence-corrected chi connectivity index (χ0v) is 10.5. The number of halogens is 2. The van der Waals surface area contributed by atoms with Crippen LogP contribution in [0.4, 0.5) is 4.39 Å². The Morgan fingerprint density at radius 1 is 1.50 bits per heavy atom. The van der Waals surface area contributed by atoms with E-state index in [9.17, 15) is 9.18 Å². The molecule has 2 aromatic rings. The van der Waals surface area contributed by atoms with Crippen molar-refractivity contribution in [2.45, 2.75) is 6.42 Å². The fourth-order valence-corrected chi connectivity index (χ4v) is 2.36. The highest BCUT2D eigenvalue weighted by atomic mass is 79.9. The average Bonchev–Trinajstić information content (AvgIpc) is 2.74. The lowest BCUT2D eigenvalue weighted by Gasteiger charge is -2.02. The van der Waals surface area contributed by atoms with Gasteiger partial charge in [-0.25, -0.2) is 4.39 Å². The molecule has 0 bridgehead atoms. The minimum absolute atomic E-state index is 0.115. The van der Waals surface area contributed by atoms with Crippen LogP contribution in [0.2, 0.25) is 0 Å². The molecule has 2 nitrogen and oxygen atoms in total. The van der Waals surface area contributed by atoms with Crippen LogP contribution >= 0.6 is 27.3 Å². The van der Waals surface area contributed by atoms with Gasteiger partial charge in [-0.05, 0) is 18.2 Å². The van der Waals surface area contributed by atoms with Gasteiger partial charge < -0.3 is 0 Å². The van der Waals surface area contributed by atoms with Gasteiger partial charge in [0.2, 0.25) is 0 Å². The topological polar surface area (TPSA) is 30.0 Å². The highest BCUT2D eigenvalue weighted by molar-refractivity contribution is 9.10. The summed E-state index contributed by atoms with van der Waals surface area (Å²) in [7, 11) is 0. The molecule has 2 rings (SSSR count). The van der Waals surface area contributed by atoms with E-state index in [2.05, 4.69) is 20.9 Å². The van der Waals surface area contributed by atoms with E-state index >= 15 is 0 Å². The van der Waals surface area contributed by atoms with Crippen molar-refractivity contribution in [3.63, 3.8) is 0 Å². The molecule has 16 heavy (non-hydrogen) atoms. The molecule has 0 atom stereocenters. The minimum Gasteiger partial charge on any atom is -0.294 e. The zero-order chi connectivity index (χ0) is 11.5. The number of aromatic nitrogens is 1. The lowest BCUT2D eigenvalue weighted by Crippen LogP contribution is -2.03. The molecule has 5 heteroatoms. The molecule has 0 saturated carbocycles. The summed E-state index contributed by atoms with van der Waals surface area (Å²) < 4.78 is 13.6. The number of hydrogen-bond donors (Lipinski definition) is 0. The lowest BCUT2D eigenvalue weighted by atomic mass is 10.1. The van der Waals surface area contributed by atoms with Gasteiger partial charge in [-0.1, -0.05) is 15.9 Å². The van der Waals surface area contributed by atoms with Crippen LogP contribution < -0.4 is 0 Å². The molecule has 0 aliphatic heterocycles. The number of carbonyl (C=O) groups is 1. The number of Topliss-reactive ketones (excluding diaryl/α,β-unsaturated/α-hetero) is 1. The molecule has 0 aliphatic carbocycles. The first-order chi connectivity index (χ1) is 7.66. The smallest absolute Gasteiger partial charge is 0.169 e. The molecular weight excluding hydrogens is 293 g/mol. The second kappa shape index (κ2) is 4.84. The summed E-state index contributed by atoms with van der Waals surface area (Å²) in [6.07, 6.45) is 1.91. The van der Waals surface area contributed by atoms with Crippen molar-refractivity contribution in [2.24, 2.45) is 0 Å². The van der Waals surface area contributed by atoms with E-state index in [1.807, 2.05) is 0 Å². The molecule has 1 aromatic carbocycles. The number of thiazole rings is 1. The standard InChI is InChI=1S/C11H7BrFNOS/c12-10-2-1-7(13)3-9(10)11(15)4-8-5-14-6-16-8/h1-3,5-6H,4H2. The van der Waals surface area contributed by atoms with E-state index in [4.69, 9.17) is 0 Å². The molecule has 0 radical (unpaired) electrons. The highest BCUT2D eigenvalue weighted by Crippen LogP contribution is 2.20. The van der Waals surface area contributed by atoms with Gasteiger partial charge in [0.05, 0.1) is 5.51 Å². The quantitative estimate of drug-likeness (QED) is 0.812. The van der Waals surface area contributed by atoms with Gasteiger partial charge in [-0.15, -0.1) is 11.3 Å². The molecule has 0 N–H and O–H groups in total. The SMILES string of the molecule is O=C(Cc1cncs1)c1cc(F)ccc1Br. The molecule has 0 fully saturated rings. The van der Waals surface area contributed by atoms with Crippen LogP contribution in [0.5, 0.6) is 0 Å². The van der Waals surface area contributed by atoms with Crippen molar-refractivity contribution >= 4 is 33.0 Å². The van der Waals surface area contributed by atoms with Gasteiger partial charge in [-0.2, -0.15) is 0 Å². The number of nitrogens with zero attached hydrogens (tertiary/aromatic N) is 1. The monoisotopic (exact) mass is 299 g/mol. The fourth-order valence-electron chi connectivity index (χ4n) is 1.29. The van der Waals surface area contributed by atoms with Crippen LogP contribution in [0.25, 0.3) is 0 Å². The number of carbonyl (C=O) groups excluding carboxylic acids is 1. The van der Waals surface area contributed by atoms with Gasteiger partial charge in [-0.3, -0.25) is 9.78 Å². The molecule has 1 aromatic heterocycles. The van der Waals surface area contributed by atoms with Gasteiger partial charge in [0, 0.05) is 27.5 Å². The van der Waals surface area contributed by atoms with Gasteiger partial charge in [0.25, 0.3) is 0 Å². The second-order valence-corrected chi connectivity index (χ2v) is 5.02. The van der Waals surface area contributed by atoms with Gasteiger partial charge in [0.1, 0.15) is 5.82 Å². The molecule has 1 heterocycles. The summed E-state index contributed by atoms with van der Waals surface area (Å²) in [4.78, 5) is 16.6. The Morgan fingerprint density at radius 2 is 2.31 bits per heavy atom. The minimum atomic E-state index is -0.407. The Kier molecular flexibility index (Phi) is 3.46. The van der Waals surface area contributed by atoms with Crippen LogP contribution in [-0.4, -0.2) is 10.8 Å². The molecule has 0 amide bonds. The third-order valence-electron chi connectivity index (χ3n) is 2.05. The first-order valence-electron chi connectivity index (χ1n) is 4.52. The van der Waals surface area contributed by atoms with Crippen molar-refractivity contribution in [1.29, 1.82) is 0 Å². The predicted octanol–water partition coefficient (Wildman–Crippen LogP) is 3.47. The van der Waals surface area contributed by atoms with E-state index in [1.165, 1.54) is 29.5 Å². The Labute approximate surface area is 104 Å². The van der Waals surface area contributed by atoms with Crippen LogP contribution in [0.1, 0.15) is 15.2 Å². The number of ketones is 1. The lowest BCUT2D eigenvalue weighted by molar-refractivity contribution is 0.0992. The Hall–Kier alpha value is -1.07. The molecule has 0 spiro atoms. The summed E-state index contributed by atoms with van der Waals surface area (Å²) in [5.74, 6) is -0.522. The van der Waals surface area contributed by atoms with E-state index < -0.39 is 5.82 Å². The third-order valence-corrected chi connectivity index (χ3v) is 3.52. The molecule has 0 unspecified atom stereocenters. The molecule has 0 aliphatic rings. The average molecular weight is 300 g/mol. The van der Waals surface area contributed by atoms with Crippen LogP contribution in [0, 0.1) is 5.82 Å². The Morgan fingerprint density at radius 3 is 3.00 bits per heavy atom. The molecule has 82 valence electrons. The maximum atomic E-state index is 13.0. The molecule has 0 saturated heterocycles. The maximum Gasteiger partial charge on any atom is 0.169 e. The fraction of sp³-hybridized carbons (Fsp3) is 0.0909. The Balaban J connectivity index is 2.24. The Bertz CT molecular complexity index is 513. The van der Waals surface area contributed by atoms with Crippen LogP contribution in [0.3, 0.4) is 0 Å². The van der Waals surface area contributed by atoms with Crippen molar-refractivity contribution in [1.82, 2.24) is 4.98 Å². The highest BCUT2D eigenvalue weighted by Gasteiger charge is 2.12. The summed E-state index contributed by atoms with van der Waals surface area (Å²) >= 11 is 4.65. The number of hydrogen-bond acceptors (Lipinski definition) is 3. The number of rotatable bonds is 3. The largest absolute Gasteiger partial charge is 0.294 e. The predicted molar refractivity (Wildman–Crippen MR) is 64.2 cm³/mol. The first-order valence-corrected chi connectivity index (χ1v) is 6.19. The van der Waals surface area contributed by atoms with Crippen molar-refractivity contribution in [3.05, 3.63) is 50.6 Å². The van der Waals surface area contributed by atoms with Crippen molar-refractivity contribution < 1.29 is 9.18 Å². The third kappa shape index (κ3) is 2.54. The van der Waals surface area contributed by atoms with E-state index in [-0.39, 0.29) is 12.2 Å². The van der Waals surface area contributed by atoms with Crippen LogP contribution in [-0.2, 0) is 6.42 Å². The second-order valence-electron chi connectivity index (χ2n) is 3.19. The van der Waals surface area contributed by atoms with Gasteiger partial charge >= 0.3 is 0 Å². The van der Waals surface area contributed by atoms with E-state index in [1.54, 1.807) is 11.7 Å². The van der Waals surface area contributed by atoms with Crippen LogP contribution in [0.15, 0.2) is 34.4 Å². The van der Waals surface area contributed by atoms with Gasteiger partial charge in [0.15, 0.2) is 5.78 Å².